The average Bonchev–Trinajstić information content (AvgIpc) is 2.59. The van der Waals surface area contributed by atoms with Crippen molar-refractivity contribution in [2.24, 2.45) is 0 Å². The quantitative estimate of drug-likeness (QED) is 0.362. The van der Waals surface area contributed by atoms with Crippen molar-refractivity contribution in [2.45, 2.75) is 40.0 Å². The summed E-state index contributed by atoms with van der Waals surface area (Å²) in [7, 11) is 0. The third-order valence-corrected chi connectivity index (χ3v) is 4.07. The summed E-state index contributed by atoms with van der Waals surface area (Å²) in [4.78, 5) is 20.6. The molecule has 0 aromatic heterocycles. The van der Waals surface area contributed by atoms with Gasteiger partial charge in [-0.1, -0.05) is 31.5 Å². The van der Waals surface area contributed by atoms with Crippen LogP contribution in [0.15, 0.2) is 18.2 Å². The van der Waals surface area contributed by atoms with Crippen molar-refractivity contribution in [1.82, 2.24) is 4.90 Å². The fraction of sp³-hybridized carbons (Fsp3) is 0.579. The van der Waals surface area contributed by atoms with Gasteiger partial charge in [-0.05, 0) is 50.9 Å². The van der Waals surface area contributed by atoms with Crippen molar-refractivity contribution in [2.75, 3.05) is 32.1 Å². The monoisotopic (exact) mass is 387 g/mol. The Kier molecular flexibility index (Phi) is 13.4. The van der Waals surface area contributed by atoms with E-state index in [9.17, 15) is 0 Å². The van der Waals surface area contributed by atoms with Gasteiger partial charge in [0.2, 0.25) is 0 Å². The van der Waals surface area contributed by atoms with E-state index in [0.29, 0.717) is 0 Å². The Bertz CT molecular complexity index is 518. The molecule has 0 aliphatic rings. The fourth-order valence-electron chi connectivity index (χ4n) is 2.34. The second kappa shape index (κ2) is 14.4. The number of benzene rings is 1. The molecule has 148 valence electrons. The molecule has 0 aliphatic heterocycles. The largest absolute Gasteiger partial charge is 0.492 e. The van der Waals surface area contributed by atoms with E-state index in [2.05, 4.69) is 43.9 Å². The number of carboxylic acid groups (broad SMARTS) is 2. The van der Waals surface area contributed by atoms with Crippen molar-refractivity contribution in [3.63, 3.8) is 0 Å². The number of aryl methyl sites for hydroxylation is 2. The molecule has 0 aliphatic carbocycles. The van der Waals surface area contributed by atoms with E-state index in [0.717, 1.165) is 44.3 Å². The summed E-state index contributed by atoms with van der Waals surface area (Å²) in [6, 6.07) is 6.28. The third-order valence-electron chi connectivity index (χ3n) is 3.80. The lowest BCUT2D eigenvalue weighted by Crippen LogP contribution is -2.29. The number of nitrogens with zero attached hydrogens (tertiary/aromatic N) is 1. The molecule has 0 amide bonds. The molecular formula is C19H30ClNO5. The fourth-order valence-corrected chi connectivity index (χ4v) is 2.53. The van der Waals surface area contributed by atoms with Gasteiger partial charge in [-0.3, -0.25) is 0 Å². The number of ether oxygens (including phenoxy) is 1. The Morgan fingerprint density at radius 3 is 2.08 bits per heavy atom. The van der Waals surface area contributed by atoms with Gasteiger partial charge in [0.05, 0.1) is 0 Å². The SMILES string of the molecule is CCN(CCCCCCl)CCOc1c(C)cccc1C.O=C(O)C(=O)O. The van der Waals surface area contributed by atoms with Crippen LogP contribution in [0.25, 0.3) is 0 Å². The standard InChI is InChI=1S/C17H28ClNO.C2H2O4/c1-4-19(12-7-5-6-11-18)13-14-20-17-15(2)9-8-10-16(17)3;3-1(4)2(5)6/h8-10H,4-7,11-14H2,1-3H3;(H,3,4)(H,5,6). The summed E-state index contributed by atoms with van der Waals surface area (Å²) in [6.45, 7) is 10.4. The Balaban J connectivity index is 0.000000896. The molecule has 0 unspecified atom stereocenters. The maximum absolute atomic E-state index is 9.10. The number of para-hydroxylation sites is 1. The molecule has 1 aromatic rings. The average molecular weight is 388 g/mol. The van der Waals surface area contributed by atoms with Crippen molar-refractivity contribution in [3.05, 3.63) is 29.3 Å². The van der Waals surface area contributed by atoms with Crippen LogP contribution in [-0.4, -0.2) is 59.2 Å². The van der Waals surface area contributed by atoms with Crippen LogP contribution in [0.4, 0.5) is 0 Å². The summed E-state index contributed by atoms with van der Waals surface area (Å²) in [5.74, 6) is -1.82. The van der Waals surface area contributed by atoms with Crippen LogP contribution < -0.4 is 4.74 Å². The maximum atomic E-state index is 9.10. The predicted molar refractivity (Wildman–Crippen MR) is 103 cm³/mol. The highest BCUT2D eigenvalue weighted by Gasteiger charge is 2.06. The van der Waals surface area contributed by atoms with Gasteiger partial charge in [0.15, 0.2) is 0 Å². The van der Waals surface area contributed by atoms with Gasteiger partial charge >= 0.3 is 11.9 Å². The van der Waals surface area contributed by atoms with Gasteiger partial charge in [0.25, 0.3) is 0 Å². The predicted octanol–water partition coefficient (Wildman–Crippen LogP) is 3.57. The molecular weight excluding hydrogens is 358 g/mol. The number of carbonyl (C=O) groups is 2. The maximum Gasteiger partial charge on any atom is 0.414 e. The summed E-state index contributed by atoms with van der Waals surface area (Å²) in [5.41, 5.74) is 2.44. The van der Waals surface area contributed by atoms with Crippen molar-refractivity contribution in [1.29, 1.82) is 0 Å². The van der Waals surface area contributed by atoms with Gasteiger partial charge < -0.3 is 19.8 Å². The highest BCUT2D eigenvalue weighted by Crippen LogP contribution is 2.22. The number of halogens is 1. The van der Waals surface area contributed by atoms with E-state index in [1.807, 2.05) is 0 Å². The first-order chi connectivity index (χ1) is 12.3. The Hall–Kier alpha value is -1.79. The second-order valence-corrected chi connectivity index (χ2v) is 6.24. The summed E-state index contributed by atoms with van der Waals surface area (Å²) >= 11 is 5.70. The summed E-state index contributed by atoms with van der Waals surface area (Å²) < 4.78 is 5.96. The molecule has 1 aromatic carbocycles. The van der Waals surface area contributed by atoms with Crippen LogP contribution in [0.2, 0.25) is 0 Å². The minimum atomic E-state index is -1.82. The topological polar surface area (TPSA) is 87.1 Å². The smallest absolute Gasteiger partial charge is 0.414 e. The molecule has 0 radical (unpaired) electrons. The molecule has 26 heavy (non-hydrogen) atoms. The first kappa shape index (κ1) is 24.2. The Labute approximate surface area is 160 Å². The minimum Gasteiger partial charge on any atom is -0.492 e. The molecule has 2 N–H and O–H groups in total. The van der Waals surface area contributed by atoms with Crippen LogP contribution >= 0.6 is 11.6 Å². The van der Waals surface area contributed by atoms with Gasteiger partial charge in [-0.2, -0.15) is 0 Å². The van der Waals surface area contributed by atoms with Gasteiger partial charge in [0, 0.05) is 12.4 Å². The van der Waals surface area contributed by atoms with E-state index in [1.54, 1.807) is 0 Å². The van der Waals surface area contributed by atoms with Crippen LogP contribution in [-0.2, 0) is 9.59 Å². The number of rotatable bonds is 10. The molecule has 6 nitrogen and oxygen atoms in total. The highest BCUT2D eigenvalue weighted by molar-refractivity contribution is 6.27. The number of carboxylic acids is 2. The number of hydrogen-bond acceptors (Lipinski definition) is 4. The normalized spacial score (nSPS) is 10.2. The van der Waals surface area contributed by atoms with Crippen LogP contribution in [0.1, 0.15) is 37.3 Å². The Morgan fingerprint density at radius 2 is 1.62 bits per heavy atom. The summed E-state index contributed by atoms with van der Waals surface area (Å²) in [5, 5.41) is 14.8. The van der Waals surface area contributed by atoms with E-state index in [-0.39, 0.29) is 0 Å². The van der Waals surface area contributed by atoms with Crippen molar-refractivity contribution in [3.8, 4) is 5.75 Å². The number of alkyl halides is 1. The number of likely N-dealkylation sites (N-methyl/N-ethyl adjacent to an activating group) is 1. The molecule has 0 fully saturated rings. The zero-order chi connectivity index (χ0) is 19.9. The minimum absolute atomic E-state index is 0.759. The third kappa shape index (κ3) is 10.9. The van der Waals surface area contributed by atoms with Crippen molar-refractivity contribution < 1.29 is 24.5 Å². The van der Waals surface area contributed by atoms with E-state index in [1.165, 1.54) is 24.0 Å². The molecule has 0 spiro atoms. The second-order valence-electron chi connectivity index (χ2n) is 5.86. The van der Waals surface area contributed by atoms with E-state index >= 15 is 0 Å². The molecule has 0 bridgehead atoms. The molecule has 0 atom stereocenters. The lowest BCUT2D eigenvalue weighted by molar-refractivity contribution is -0.159. The van der Waals surface area contributed by atoms with Gasteiger partial charge in [0.1, 0.15) is 12.4 Å². The first-order valence-electron chi connectivity index (χ1n) is 8.77. The molecule has 7 heteroatoms. The zero-order valence-corrected chi connectivity index (χ0v) is 16.6. The first-order valence-corrected chi connectivity index (χ1v) is 9.30. The van der Waals surface area contributed by atoms with Crippen LogP contribution in [0, 0.1) is 13.8 Å². The summed E-state index contributed by atoms with van der Waals surface area (Å²) in [6.07, 6.45) is 3.57. The van der Waals surface area contributed by atoms with Crippen molar-refractivity contribution >= 4 is 23.5 Å². The lowest BCUT2D eigenvalue weighted by atomic mass is 10.1. The number of aliphatic carboxylic acids is 2. The molecule has 1 rings (SSSR count). The molecule has 0 saturated carbocycles. The van der Waals surface area contributed by atoms with E-state index in [4.69, 9.17) is 36.1 Å². The highest BCUT2D eigenvalue weighted by atomic mass is 35.5. The van der Waals surface area contributed by atoms with Gasteiger partial charge in [-0.15, -0.1) is 11.6 Å². The van der Waals surface area contributed by atoms with Crippen LogP contribution in [0.5, 0.6) is 5.75 Å². The molecule has 0 heterocycles. The molecule has 0 saturated heterocycles. The van der Waals surface area contributed by atoms with Gasteiger partial charge in [-0.25, -0.2) is 9.59 Å². The van der Waals surface area contributed by atoms with E-state index < -0.39 is 11.9 Å². The Morgan fingerprint density at radius 1 is 1.04 bits per heavy atom. The van der Waals surface area contributed by atoms with Crippen LogP contribution in [0.3, 0.4) is 0 Å². The lowest BCUT2D eigenvalue weighted by Gasteiger charge is -2.21. The number of hydrogen-bond donors (Lipinski definition) is 2. The number of unbranched alkanes of at least 4 members (excludes halogenated alkanes) is 2. The zero-order valence-electron chi connectivity index (χ0n) is 15.8.